The molecule has 8 heteroatoms. The SMILES string of the molecule is Cc1sc(Br)cc1S(=O)(=O)N1CC(CCl)OC(C)(C)C1. The fraction of sp³-hybridized carbons (Fsp3) is 0.667. The van der Waals surface area contributed by atoms with Gasteiger partial charge in [-0.3, -0.25) is 0 Å². The van der Waals surface area contributed by atoms with Gasteiger partial charge in [0.25, 0.3) is 0 Å². The summed E-state index contributed by atoms with van der Waals surface area (Å²) in [5.74, 6) is 0.280. The standard InChI is InChI=1S/C12H17BrClNO3S2/c1-8-10(4-11(13)19-8)20(16,17)15-6-9(5-14)18-12(2,3)7-15/h4,9H,5-7H2,1-3H3. The van der Waals surface area contributed by atoms with Gasteiger partial charge in [0.05, 0.1) is 20.4 Å². The minimum absolute atomic E-state index is 0.280. The Bertz CT molecular complexity index is 600. The smallest absolute Gasteiger partial charge is 0.244 e. The van der Waals surface area contributed by atoms with Gasteiger partial charge in [-0.1, -0.05) is 0 Å². The summed E-state index contributed by atoms with van der Waals surface area (Å²) in [4.78, 5) is 1.14. The Labute approximate surface area is 137 Å². The van der Waals surface area contributed by atoms with Crippen LogP contribution in [0.4, 0.5) is 0 Å². The van der Waals surface area contributed by atoms with E-state index in [-0.39, 0.29) is 12.0 Å². The van der Waals surface area contributed by atoms with E-state index in [1.807, 2.05) is 20.8 Å². The maximum Gasteiger partial charge on any atom is 0.244 e. The van der Waals surface area contributed by atoms with Crippen molar-refractivity contribution in [2.75, 3.05) is 19.0 Å². The fourth-order valence-electron chi connectivity index (χ4n) is 2.33. The number of hydrogen-bond donors (Lipinski definition) is 0. The number of hydrogen-bond acceptors (Lipinski definition) is 4. The molecule has 1 unspecified atom stereocenters. The number of rotatable bonds is 3. The van der Waals surface area contributed by atoms with Crippen molar-refractivity contribution in [2.24, 2.45) is 0 Å². The van der Waals surface area contributed by atoms with E-state index in [0.29, 0.717) is 18.0 Å². The number of nitrogens with zero attached hydrogens (tertiary/aromatic N) is 1. The van der Waals surface area contributed by atoms with Crippen LogP contribution in [0.2, 0.25) is 0 Å². The Hall–Kier alpha value is 0.340. The summed E-state index contributed by atoms with van der Waals surface area (Å²) in [5.41, 5.74) is -0.536. The molecule has 0 N–H and O–H groups in total. The minimum Gasteiger partial charge on any atom is -0.368 e. The van der Waals surface area contributed by atoms with E-state index in [1.54, 1.807) is 6.07 Å². The average molecular weight is 403 g/mol. The van der Waals surface area contributed by atoms with Gasteiger partial charge in [0.1, 0.15) is 0 Å². The highest BCUT2D eigenvalue weighted by Crippen LogP contribution is 2.34. The van der Waals surface area contributed by atoms with Crippen LogP contribution < -0.4 is 0 Å². The third-order valence-corrected chi connectivity index (χ3v) is 7.05. The van der Waals surface area contributed by atoms with Gasteiger partial charge < -0.3 is 4.74 Å². The number of morpholine rings is 1. The molecule has 20 heavy (non-hydrogen) atoms. The van der Waals surface area contributed by atoms with Crippen LogP contribution >= 0.6 is 38.9 Å². The number of aryl methyl sites for hydroxylation is 1. The summed E-state index contributed by atoms with van der Waals surface area (Å²) in [6.45, 7) is 6.19. The molecule has 0 aromatic carbocycles. The maximum absolute atomic E-state index is 12.8. The highest BCUT2D eigenvalue weighted by atomic mass is 79.9. The van der Waals surface area contributed by atoms with Gasteiger partial charge in [-0.2, -0.15) is 4.31 Å². The van der Waals surface area contributed by atoms with Crippen molar-refractivity contribution in [3.8, 4) is 0 Å². The number of thiophene rings is 1. The number of sulfonamides is 1. The molecule has 1 aromatic rings. The molecule has 0 saturated carbocycles. The second-order valence-corrected chi connectivity index (χ2v) is 10.3. The summed E-state index contributed by atoms with van der Waals surface area (Å²) >= 11 is 10.6. The monoisotopic (exact) mass is 401 g/mol. The predicted molar refractivity (Wildman–Crippen MR) is 85.2 cm³/mol. The average Bonchev–Trinajstić information content (AvgIpc) is 2.67. The lowest BCUT2D eigenvalue weighted by atomic mass is 10.1. The van der Waals surface area contributed by atoms with Crippen molar-refractivity contribution in [2.45, 2.75) is 37.4 Å². The van der Waals surface area contributed by atoms with Crippen molar-refractivity contribution >= 4 is 48.9 Å². The normalized spacial score (nSPS) is 23.9. The molecule has 0 aliphatic carbocycles. The van der Waals surface area contributed by atoms with Crippen LogP contribution in [0.3, 0.4) is 0 Å². The van der Waals surface area contributed by atoms with Crippen molar-refractivity contribution in [3.63, 3.8) is 0 Å². The van der Waals surface area contributed by atoms with Crippen molar-refractivity contribution in [1.29, 1.82) is 0 Å². The van der Waals surface area contributed by atoms with Gasteiger partial charge in [-0.05, 0) is 42.8 Å². The van der Waals surface area contributed by atoms with Gasteiger partial charge in [0.15, 0.2) is 0 Å². The summed E-state index contributed by atoms with van der Waals surface area (Å²) in [6, 6.07) is 1.66. The molecule has 2 rings (SSSR count). The van der Waals surface area contributed by atoms with E-state index in [0.717, 1.165) is 8.66 Å². The first-order chi connectivity index (χ1) is 9.15. The Balaban J connectivity index is 2.36. The summed E-state index contributed by atoms with van der Waals surface area (Å²) in [7, 11) is -3.51. The predicted octanol–water partition coefficient (Wildman–Crippen LogP) is 3.23. The van der Waals surface area contributed by atoms with E-state index in [2.05, 4.69) is 15.9 Å². The van der Waals surface area contributed by atoms with Crippen LogP contribution in [0, 0.1) is 6.92 Å². The zero-order valence-electron chi connectivity index (χ0n) is 11.5. The Kier molecular flexibility index (Phi) is 4.89. The second-order valence-electron chi connectivity index (χ2n) is 5.42. The lowest BCUT2D eigenvalue weighted by molar-refractivity contribution is -0.107. The first-order valence-electron chi connectivity index (χ1n) is 6.15. The van der Waals surface area contributed by atoms with Crippen LogP contribution in [-0.2, 0) is 14.8 Å². The quantitative estimate of drug-likeness (QED) is 0.729. The first kappa shape index (κ1) is 16.7. The van der Waals surface area contributed by atoms with Crippen LogP contribution in [0.25, 0.3) is 0 Å². The third kappa shape index (κ3) is 3.39. The molecular weight excluding hydrogens is 386 g/mol. The molecule has 0 amide bonds. The second kappa shape index (κ2) is 5.85. The lowest BCUT2D eigenvalue weighted by Crippen LogP contribution is -2.55. The molecule has 0 bridgehead atoms. The van der Waals surface area contributed by atoms with E-state index < -0.39 is 15.6 Å². The molecular formula is C12H17BrClNO3S2. The van der Waals surface area contributed by atoms with E-state index in [1.165, 1.54) is 15.6 Å². The van der Waals surface area contributed by atoms with Gasteiger partial charge in [0.2, 0.25) is 10.0 Å². The Morgan fingerprint density at radius 3 is 2.75 bits per heavy atom. The topological polar surface area (TPSA) is 46.6 Å². The number of ether oxygens (including phenoxy) is 1. The van der Waals surface area contributed by atoms with Gasteiger partial charge in [-0.15, -0.1) is 22.9 Å². The van der Waals surface area contributed by atoms with Gasteiger partial charge in [0, 0.05) is 23.8 Å². The largest absolute Gasteiger partial charge is 0.368 e. The van der Waals surface area contributed by atoms with Crippen LogP contribution in [0.5, 0.6) is 0 Å². The fourth-order valence-corrected chi connectivity index (χ4v) is 6.50. The molecule has 1 saturated heterocycles. The first-order valence-corrected chi connectivity index (χ1v) is 9.74. The molecule has 1 aliphatic rings. The molecule has 1 fully saturated rings. The number of alkyl halides is 1. The minimum atomic E-state index is -3.51. The van der Waals surface area contributed by atoms with Gasteiger partial charge >= 0.3 is 0 Å². The molecule has 1 aromatic heterocycles. The Morgan fingerprint density at radius 1 is 1.60 bits per heavy atom. The molecule has 0 radical (unpaired) electrons. The Morgan fingerprint density at radius 2 is 2.25 bits per heavy atom. The maximum atomic E-state index is 12.8. The zero-order valence-corrected chi connectivity index (χ0v) is 15.5. The molecule has 2 heterocycles. The molecule has 4 nitrogen and oxygen atoms in total. The molecule has 0 spiro atoms. The summed E-state index contributed by atoms with van der Waals surface area (Å²) in [6.07, 6.45) is -0.280. The lowest BCUT2D eigenvalue weighted by Gasteiger charge is -2.41. The van der Waals surface area contributed by atoms with E-state index in [9.17, 15) is 8.42 Å². The van der Waals surface area contributed by atoms with Crippen molar-refractivity contribution in [1.82, 2.24) is 4.31 Å². The van der Waals surface area contributed by atoms with E-state index >= 15 is 0 Å². The highest BCUT2D eigenvalue weighted by molar-refractivity contribution is 9.11. The van der Waals surface area contributed by atoms with Crippen molar-refractivity contribution in [3.05, 3.63) is 14.7 Å². The van der Waals surface area contributed by atoms with Crippen LogP contribution in [-0.4, -0.2) is 43.4 Å². The summed E-state index contributed by atoms with van der Waals surface area (Å²) < 4.78 is 33.6. The van der Waals surface area contributed by atoms with Crippen molar-refractivity contribution < 1.29 is 13.2 Å². The molecule has 1 aliphatic heterocycles. The number of halogens is 2. The zero-order chi connectivity index (χ0) is 15.1. The highest BCUT2D eigenvalue weighted by Gasteiger charge is 2.39. The van der Waals surface area contributed by atoms with Crippen LogP contribution in [0.1, 0.15) is 18.7 Å². The van der Waals surface area contributed by atoms with Gasteiger partial charge in [-0.25, -0.2) is 8.42 Å². The third-order valence-electron chi connectivity index (χ3n) is 3.08. The van der Waals surface area contributed by atoms with E-state index in [4.69, 9.17) is 16.3 Å². The van der Waals surface area contributed by atoms with Crippen LogP contribution in [0.15, 0.2) is 14.7 Å². The molecule has 1 atom stereocenters. The molecule has 114 valence electrons. The summed E-state index contributed by atoms with van der Waals surface area (Å²) in [5, 5.41) is 0.